The van der Waals surface area contributed by atoms with Crippen LogP contribution in [0.3, 0.4) is 0 Å². The van der Waals surface area contributed by atoms with Gasteiger partial charge in [-0.25, -0.2) is 44.9 Å². The molecule has 134 heavy (non-hydrogen) atoms. The molecule has 0 amide bonds. The van der Waals surface area contributed by atoms with Crippen LogP contribution in [0.15, 0.2) is 347 Å². The average molecular weight is 1760 g/mol. The molecule has 21 rings (SSSR count). The lowest BCUT2D eigenvalue weighted by atomic mass is 9.86. The van der Waals surface area contributed by atoms with E-state index in [9.17, 15) is 0 Å². The van der Waals surface area contributed by atoms with E-state index in [2.05, 4.69) is 427 Å². The van der Waals surface area contributed by atoms with Gasteiger partial charge < -0.3 is 4.57 Å². The second-order valence-corrected chi connectivity index (χ2v) is 41.3. The zero-order chi connectivity index (χ0) is 94.7. The fourth-order valence-corrected chi connectivity index (χ4v) is 16.1. The van der Waals surface area contributed by atoms with E-state index in [0.29, 0.717) is 11.9 Å². The van der Waals surface area contributed by atoms with E-state index >= 15 is 0 Å². The molecule has 16 nitrogen and oxygen atoms in total. The molecule has 0 unspecified atom stereocenters. The Morgan fingerprint density at radius 1 is 0.172 bits per heavy atom. The zero-order valence-corrected chi connectivity index (χ0v) is 81.1. The quantitative estimate of drug-likeness (QED) is 0.148. The molecule has 0 N–H and O–H groups in total. The molecule has 21 aromatic rings. The first-order valence-corrected chi connectivity index (χ1v) is 46.2. The molecule has 0 saturated heterocycles. The summed E-state index contributed by atoms with van der Waals surface area (Å²) in [5, 5.41) is 9.84. The van der Waals surface area contributed by atoms with Crippen LogP contribution in [0, 0.1) is 0 Å². The smallest absolute Gasteiger partial charge is 0.239 e. The van der Waals surface area contributed by atoms with Gasteiger partial charge in [-0.3, -0.25) is 13.7 Å². The molecule has 0 aliphatic rings. The van der Waals surface area contributed by atoms with Crippen LogP contribution in [0.25, 0.3) is 145 Å². The minimum atomic E-state index is -0.260. The van der Waals surface area contributed by atoms with Crippen molar-refractivity contribution < 1.29 is 0 Å². The van der Waals surface area contributed by atoms with E-state index in [0.717, 1.165) is 102 Å². The predicted molar refractivity (Wildman–Crippen MR) is 557 cm³/mol. The Labute approximate surface area is 787 Å². The number of para-hydroxylation sites is 8. The van der Waals surface area contributed by atoms with Crippen molar-refractivity contribution in [2.75, 3.05) is 0 Å². The van der Waals surface area contributed by atoms with E-state index in [1.807, 2.05) is 128 Å². The summed E-state index contributed by atoms with van der Waals surface area (Å²) in [6, 6.07) is 107. The zero-order valence-electron chi connectivity index (χ0n) is 81.1. The molecule has 9 heterocycles. The highest BCUT2D eigenvalue weighted by Gasteiger charge is 2.28. The third-order valence-corrected chi connectivity index (χ3v) is 23.8. The Morgan fingerprint density at radius 3 is 0.746 bits per heavy atom. The van der Waals surface area contributed by atoms with Crippen LogP contribution >= 0.6 is 0 Å². The van der Waals surface area contributed by atoms with Gasteiger partial charge in [-0.1, -0.05) is 388 Å². The van der Waals surface area contributed by atoms with Gasteiger partial charge in [0.25, 0.3) is 0 Å². The molecular weight excluding hydrogens is 1640 g/mol. The lowest BCUT2D eigenvalue weighted by Crippen LogP contribution is -2.20. The summed E-state index contributed by atoms with van der Waals surface area (Å²) in [4.78, 5) is 56.1. The van der Waals surface area contributed by atoms with Crippen molar-refractivity contribution in [2.45, 2.75) is 183 Å². The molecule has 0 radical (unpaired) electrons. The van der Waals surface area contributed by atoms with Crippen molar-refractivity contribution in [2.24, 2.45) is 0 Å². The number of aromatic nitrogens is 16. The summed E-state index contributed by atoms with van der Waals surface area (Å²) >= 11 is 0. The Morgan fingerprint density at radius 2 is 0.425 bits per heavy atom. The second kappa shape index (κ2) is 37.8. The number of benzene rings is 12. The standard InChI is InChI=1S/C31H25N5.C22H21N.C20H19N3.C19H19N3.C14H16N2.C12H20N2/c1-31(2,3)28-32-29(35-24-16-8-4-12-20(24)21-13-5-9-17-25(21)35)34-30(33-28)36-26-18-10-6-14-22(26)23-15-7-11-19-27(23)36;1-22(2,3)16-13-14-21-19(15-16)18-11-7-8-12-20(18)23(21)17-9-5-4-6-10-17;1-20(2,3)14-12-21-19(22-13-14)23-17-10-6-4-8-15(17)16-9-5-7-11-18(16)23;1-19(2,3)18-21-16(14-10-6-4-7-11-14)20-17(22-18)15-12-8-5-9-13-15;1-14(2,3)12-9-15-13(16-10-12)11-7-5-4-6-8-11;1-11(2,3)9-7-13-10(14-8-9)12(4,5)6/h4-19H,1-3H3;4-15H,1-3H3;4-13H,1-3H3;4-13H,1-3H3;4-10H,1-3H3;7-8H,1-6H3. The monoisotopic (exact) mass is 1760 g/mol. The SMILES string of the molecule is CC(C)(C)c1ccc2c(c1)c1ccccc1n2-c1ccccc1.CC(C)(C)c1cnc(-c2ccccc2)nc1.CC(C)(C)c1cnc(-n2c3ccccc3c3ccccc32)nc1.CC(C)(C)c1cnc(C(C)(C)C)nc1.CC(C)(C)c1nc(-c2ccccc2)nc(-c2ccccc2)n1.CC(C)(C)c1nc(-n2c3ccccc3c3ccccc32)nc(-n2c3ccccc3c3ccccc32)n1. The maximum Gasteiger partial charge on any atom is 0.239 e. The van der Waals surface area contributed by atoms with Crippen molar-refractivity contribution in [1.29, 1.82) is 0 Å². The van der Waals surface area contributed by atoms with Crippen molar-refractivity contribution in [3.05, 3.63) is 386 Å². The topological polar surface area (TPSA) is 174 Å². The number of hydrogen-bond acceptors (Lipinski definition) is 12. The van der Waals surface area contributed by atoms with Crippen molar-refractivity contribution >= 4 is 87.2 Å². The highest BCUT2D eigenvalue weighted by atomic mass is 15.3. The van der Waals surface area contributed by atoms with Crippen LogP contribution in [0.4, 0.5) is 0 Å². The Hall–Kier alpha value is -14.9. The Bertz CT molecular complexity index is 7280. The van der Waals surface area contributed by atoms with Crippen molar-refractivity contribution in [1.82, 2.24) is 78.1 Å². The van der Waals surface area contributed by atoms with Gasteiger partial charge in [0.05, 0.1) is 44.1 Å². The minimum Gasteiger partial charge on any atom is -0.309 e. The Balaban J connectivity index is 0.000000120. The second-order valence-electron chi connectivity index (χ2n) is 41.3. The molecule has 0 spiro atoms. The van der Waals surface area contributed by atoms with Crippen LogP contribution in [-0.4, -0.2) is 78.1 Å². The van der Waals surface area contributed by atoms with E-state index in [1.54, 1.807) is 0 Å². The highest BCUT2D eigenvalue weighted by Crippen LogP contribution is 2.40. The summed E-state index contributed by atoms with van der Waals surface area (Å²) in [6.07, 6.45) is 11.6. The van der Waals surface area contributed by atoms with E-state index in [-0.39, 0.29) is 37.9 Å². The summed E-state index contributed by atoms with van der Waals surface area (Å²) in [7, 11) is 0. The van der Waals surface area contributed by atoms with Gasteiger partial charge in [0.1, 0.15) is 17.5 Å². The maximum atomic E-state index is 5.14. The van der Waals surface area contributed by atoms with Crippen LogP contribution in [0.2, 0.25) is 0 Å². The summed E-state index contributed by atoms with van der Waals surface area (Å²) in [5.41, 5.74) is 18.4. The molecule has 0 bridgehead atoms. The molecule has 672 valence electrons. The number of fused-ring (bicyclic) bond motifs is 12. The molecule has 0 aliphatic heterocycles. The van der Waals surface area contributed by atoms with E-state index in [4.69, 9.17) is 15.0 Å². The summed E-state index contributed by atoms with van der Waals surface area (Å²) in [6.45, 7) is 45.5. The maximum absolute atomic E-state index is 5.14. The minimum absolute atomic E-state index is 0.0381. The summed E-state index contributed by atoms with van der Waals surface area (Å²) in [5.74, 6) is 6.67. The third-order valence-electron chi connectivity index (χ3n) is 23.8. The van der Waals surface area contributed by atoms with Gasteiger partial charge in [0, 0.05) is 119 Å². The predicted octanol–water partition coefficient (Wildman–Crippen LogP) is 29.3. The lowest BCUT2D eigenvalue weighted by molar-refractivity contribution is 0.532. The van der Waals surface area contributed by atoms with Crippen LogP contribution in [-0.2, 0) is 37.9 Å². The molecule has 0 atom stereocenters. The van der Waals surface area contributed by atoms with Gasteiger partial charge in [-0.15, -0.1) is 0 Å². The lowest BCUT2D eigenvalue weighted by Gasteiger charge is -2.20. The average Bonchev–Trinajstić information content (AvgIpc) is 1.57. The molecule has 9 aromatic heterocycles. The molecule has 0 fully saturated rings. The third kappa shape index (κ3) is 20.3. The highest BCUT2D eigenvalue weighted by molar-refractivity contribution is 6.12. The van der Waals surface area contributed by atoms with Gasteiger partial charge in [0.15, 0.2) is 17.5 Å². The largest absolute Gasteiger partial charge is 0.309 e. The first kappa shape index (κ1) is 92.4. The molecule has 16 heteroatoms. The molecule has 12 aromatic carbocycles. The van der Waals surface area contributed by atoms with Gasteiger partial charge in [-0.05, 0) is 111 Å². The van der Waals surface area contributed by atoms with Crippen LogP contribution in [0.5, 0.6) is 0 Å². The number of hydrogen-bond donors (Lipinski definition) is 0. The first-order valence-electron chi connectivity index (χ1n) is 46.2. The van der Waals surface area contributed by atoms with E-state index < -0.39 is 0 Å². The Kier molecular flexibility index (Phi) is 26.0. The fraction of sp³-hybridized carbons (Fsp3) is 0.237. The van der Waals surface area contributed by atoms with Crippen molar-refractivity contribution in [3.63, 3.8) is 0 Å². The van der Waals surface area contributed by atoms with Gasteiger partial charge >= 0.3 is 0 Å². The van der Waals surface area contributed by atoms with Gasteiger partial charge in [-0.2, -0.15) is 15.0 Å². The van der Waals surface area contributed by atoms with E-state index in [1.165, 1.54) is 70.9 Å². The van der Waals surface area contributed by atoms with Gasteiger partial charge in [0.2, 0.25) is 17.8 Å². The fourth-order valence-electron chi connectivity index (χ4n) is 16.1. The number of nitrogens with zero attached hydrogens (tertiary/aromatic N) is 16. The molecule has 0 saturated carbocycles. The van der Waals surface area contributed by atoms with Crippen molar-refractivity contribution in [3.8, 4) is 57.7 Å². The normalized spacial score (nSPS) is 12.1. The van der Waals surface area contributed by atoms with Crippen LogP contribution in [0.1, 0.15) is 185 Å². The first-order chi connectivity index (χ1) is 63.9. The molecular formula is C118H120N16. The van der Waals surface area contributed by atoms with Crippen LogP contribution < -0.4 is 0 Å². The molecule has 0 aliphatic carbocycles. The number of rotatable bonds is 7. The summed E-state index contributed by atoms with van der Waals surface area (Å²) < 4.78 is 8.83.